The summed E-state index contributed by atoms with van der Waals surface area (Å²) in [6.07, 6.45) is 1.04. The van der Waals surface area contributed by atoms with Gasteiger partial charge in [0.15, 0.2) is 0 Å². The van der Waals surface area contributed by atoms with Gasteiger partial charge >= 0.3 is 0 Å². The predicted molar refractivity (Wildman–Crippen MR) is 81.5 cm³/mol. The first kappa shape index (κ1) is 15.9. The highest BCUT2D eigenvalue weighted by molar-refractivity contribution is 7.80. The summed E-state index contributed by atoms with van der Waals surface area (Å²) >= 11 is 5.00. The zero-order chi connectivity index (χ0) is 14.3. The minimum Gasteiger partial charge on any atom is -0.496 e. The van der Waals surface area contributed by atoms with Gasteiger partial charge in [0.05, 0.1) is 13.7 Å². The van der Waals surface area contributed by atoms with Crippen LogP contribution >= 0.6 is 12.2 Å². The Balaban J connectivity index is 2.94. The molecule has 0 aliphatic heterocycles. The van der Waals surface area contributed by atoms with Crippen LogP contribution < -0.4 is 10.5 Å². The second kappa shape index (κ2) is 8.09. The van der Waals surface area contributed by atoms with Crippen LogP contribution in [0.4, 0.5) is 0 Å². The summed E-state index contributed by atoms with van der Waals surface area (Å²) in [6, 6.07) is 5.70. The maximum absolute atomic E-state index is 9.10. The van der Waals surface area contributed by atoms with Crippen LogP contribution in [0, 0.1) is 0 Å². The summed E-state index contributed by atoms with van der Waals surface area (Å²) in [7, 11) is 1.65. The normalized spacial score (nSPS) is 10.7. The second-order valence-electron chi connectivity index (χ2n) is 4.39. The Morgan fingerprint density at radius 3 is 2.68 bits per heavy atom. The zero-order valence-electron chi connectivity index (χ0n) is 11.6. The van der Waals surface area contributed by atoms with Crippen LogP contribution in [0.5, 0.6) is 5.75 Å². The Kier molecular flexibility index (Phi) is 6.77. The molecule has 0 fully saturated rings. The van der Waals surface area contributed by atoms with Gasteiger partial charge in [-0.3, -0.25) is 4.90 Å². The third-order valence-corrected chi connectivity index (χ3v) is 3.15. The van der Waals surface area contributed by atoms with Crippen LogP contribution in [0.3, 0.4) is 0 Å². The van der Waals surface area contributed by atoms with Gasteiger partial charge in [0.2, 0.25) is 0 Å². The van der Waals surface area contributed by atoms with Crippen LogP contribution in [-0.2, 0) is 6.54 Å². The molecule has 0 saturated heterocycles. The van der Waals surface area contributed by atoms with Crippen LogP contribution in [-0.4, -0.2) is 41.8 Å². The number of rotatable bonds is 8. The van der Waals surface area contributed by atoms with E-state index in [0.29, 0.717) is 18.1 Å². The van der Waals surface area contributed by atoms with E-state index in [1.54, 1.807) is 7.11 Å². The van der Waals surface area contributed by atoms with E-state index in [-0.39, 0.29) is 6.61 Å². The highest BCUT2D eigenvalue weighted by Crippen LogP contribution is 2.21. The van der Waals surface area contributed by atoms with Gasteiger partial charge in [-0.1, -0.05) is 19.1 Å². The first-order valence-corrected chi connectivity index (χ1v) is 6.83. The Morgan fingerprint density at radius 2 is 2.16 bits per heavy atom. The molecule has 0 heterocycles. The molecule has 0 aliphatic carbocycles. The van der Waals surface area contributed by atoms with E-state index in [1.165, 1.54) is 0 Å². The molecule has 5 heteroatoms. The van der Waals surface area contributed by atoms with Gasteiger partial charge < -0.3 is 15.6 Å². The molecule has 106 valence electrons. The molecular formula is C14H22N2O2S. The number of nitrogens with two attached hydrogens (primary N) is 1. The second-order valence-corrected chi connectivity index (χ2v) is 4.83. The van der Waals surface area contributed by atoms with E-state index in [9.17, 15) is 0 Å². The van der Waals surface area contributed by atoms with Crippen LogP contribution in [0.15, 0.2) is 18.2 Å². The fourth-order valence-electron chi connectivity index (χ4n) is 2.02. The minimum absolute atomic E-state index is 0.150. The highest BCUT2D eigenvalue weighted by atomic mass is 32.1. The van der Waals surface area contributed by atoms with Crippen molar-refractivity contribution >= 4 is 17.2 Å². The fourth-order valence-corrected chi connectivity index (χ4v) is 2.15. The van der Waals surface area contributed by atoms with Crippen molar-refractivity contribution in [2.75, 3.05) is 26.8 Å². The predicted octanol–water partition coefficient (Wildman–Crippen LogP) is 1.53. The molecule has 1 aromatic carbocycles. The zero-order valence-corrected chi connectivity index (χ0v) is 12.4. The van der Waals surface area contributed by atoms with Crippen molar-refractivity contribution in [1.82, 2.24) is 4.90 Å². The van der Waals surface area contributed by atoms with E-state index in [1.807, 2.05) is 18.2 Å². The molecule has 3 N–H and O–H groups in total. The molecule has 0 bridgehead atoms. The molecule has 0 unspecified atom stereocenters. The lowest BCUT2D eigenvalue weighted by Crippen LogP contribution is -2.27. The summed E-state index contributed by atoms with van der Waals surface area (Å²) in [5.74, 6) is 0.819. The van der Waals surface area contributed by atoms with Crippen molar-refractivity contribution in [3.8, 4) is 5.75 Å². The number of hydrogen-bond donors (Lipinski definition) is 2. The molecule has 19 heavy (non-hydrogen) atoms. The third-order valence-electron chi connectivity index (χ3n) is 2.91. The molecule has 1 rings (SSSR count). The lowest BCUT2D eigenvalue weighted by Gasteiger charge is -2.22. The summed E-state index contributed by atoms with van der Waals surface area (Å²) in [5, 5.41) is 9.10. The minimum atomic E-state index is 0.150. The number of methoxy groups -OCH3 is 1. The maximum Gasteiger partial charge on any atom is 0.123 e. The van der Waals surface area contributed by atoms with Crippen molar-refractivity contribution < 1.29 is 9.84 Å². The quantitative estimate of drug-likeness (QED) is 0.708. The largest absolute Gasteiger partial charge is 0.496 e. The molecule has 0 radical (unpaired) electrons. The summed E-state index contributed by atoms with van der Waals surface area (Å²) in [6.45, 7) is 4.56. The molecule has 4 nitrogen and oxygen atoms in total. The van der Waals surface area contributed by atoms with Crippen molar-refractivity contribution in [2.45, 2.75) is 19.9 Å². The molecular weight excluding hydrogens is 260 g/mol. The molecule has 1 aromatic rings. The number of ether oxygens (including phenoxy) is 1. The molecule has 0 saturated carbocycles. The number of benzene rings is 1. The summed E-state index contributed by atoms with van der Waals surface area (Å²) in [4.78, 5) is 2.56. The smallest absolute Gasteiger partial charge is 0.123 e. The Labute approximate surface area is 120 Å². The third kappa shape index (κ3) is 4.78. The Morgan fingerprint density at radius 1 is 1.42 bits per heavy atom. The number of hydrogen-bond acceptors (Lipinski definition) is 4. The maximum atomic E-state index is 9.10. The molecule has 0 aliphatic rings. The van der Waals surface area contributed by atoms with Gasteiger partial charge in [0.1, 0.15) is 10.7 Å². The molecule has 0 spiro atoms. The molecule has 0 amide bonds. The van der Waals surface area contributed by atoms with Crippen LogP contribution in [0.1, 0.15) is 24.5 Å². The first-order valence-electron chi connectivity index (χ1n) is 6.42. The average molecular weight is 282 g/mol. The number of nitrogens with zero attached hydrogens (tertiary/aromatic N) is 1. The van der Waals surface area contributed by atoms with Gasteiger partial charge in [0, 0.05) is 24.2 Å². The molecule has 0 atom stereocenters. The Hall–Kier alpha value is -1.17. The number of thiocarbonyl (C=S) groups is 1. The van der Waals surface area contributed by atoms with Crippen molar-refractivity contribution in [3.63, 3.8) is 0 Å². The van der Waals surface area contributed by atoms with Crippen molar-refractivity contribution in [2.24, 2.45) is 5.73 Å². The first-order chi connectivity index (χ1) is 9.12. The van der Waals surface area contributed by atoms with Gasteiger partial charge in [-0.15, -0.1) is 0 Å². The lowest BCUT2D eigenvalue weighted by atomic mass is 10.1. The SMILES string of the molecule is CCCN(CCO)Cc1cc(C(N)=S)ccc1OC. The topological polar surface area (TPSA) is 58.7 Å². The lowest BCUT2D eigenvalue weighted by molar-refractivity contribution is 0.189. The Bertz CT molecular complexity index is 418. The number of aliphatic hydroxyl groups excluding tert-OH is 1. The standard InChI is InChI=1S/C14H22N2O2S/c1-3-6-16(7-8-17)10-12-9-11(14(15)19)4-5-13(12)18-2/h4-5,9,17H,3,6-8,10H2,1-2H3,(H2,15,19). The van der Waals surface area contributed by atoms with Crippen molar-refractivity contribution in [3.05, 3.63) is 29.3 Å². The van der Waals surface area contributed by atoms with Gasteiger partial charge in [-0.2, -0.15) is 0 Å². The fraction of sp³-hybridized carbons (Fsp3) is 0.500. The van der Waals surface area contributed by atoms with E-state index in [0.717, 1.165) is 29.8 Å². The monoisotopic (exact) mass is 282 g/mol. The van der Waals surface area contributed by atoms with Crippen LogP contribution in [0.2, 0.25) is 0 Å². The number of aliphatic hydroxyl groups is 1. The van der Waals surface area contributed by atoms with Crippen molar-refractivity contribution in [1.29, 1.82) is 0 Å². The van der Waals surface area contributed by atoms with Crippen LogP contribution in [0.25, 0.3) is 0 Å². The average Bonchev–Trinajstić information content (AvgIpc) is 2.39. The van der Waals surface area contributed by atoms with Gasteiger partial charge in [0.25, 0.3) is 0 Å². The van der Waals surface area contributed by atoms with E-state index >= 15 is 0 Å². The summed E-state index contributed by atoms with van der Waals surface area (Å²) in [5.41, 5.74) is 7.54. The van der Waals surface area contributed by atoms with E-state index < -0.39 is 0 Å². The summed E-state index contributed by atoms with van der Waals surface area (Å²) < 4.78 is 5.36. The highest BCUT2D eigenvalue weighted by Gasteiger charge is 2.10. The van der Waals surface area contributed by atoms with E-state index in [4.69, 9.17) is 27.8 Å². The van der Waals surface area contributed by atoms with Gasteiger partial charge in [-0.05, 0) is 31.2 Å². The van der Waals surface area contributed by atoms with Gasteiger partial charge in [-0.25, -0.2) is 0 Å². The van der Waals surface area contributed by atoms with E-state index in [2.05, 4.69) is 11.8 Å². The molecule has 0 aromatic heterocycles.